The number of rotatable bonds is 6. The zero-order valence-electron chi connectivity index (χ0n) is 14.4. The lowest BCUT2D eigenvalue weighted by molar-refractivity contribution is 0.0595. The van der Waals surface area contributed by atoms with Crippen molar-refractivity contribution in [2.45, 2.75) is 6.61 Å². The van der Waals surface area contributed by atoms with Gasteiger partial charge in [-0.05, 0) is 35.9 Å². The fourth-order valence-electron chi connectivity index (χ4n) is 2.39. The number of ether oxygens (including phenoxy) is 3. The third-order valence-corrected chi connectivity index (χ3v) is 4.43. The minimum atomic E-state index is -0.472. The first-order chi connectivity index (χ1) is 12.6. The Balaban J connectivity index is 1.84. The van der Waals surface area contributed by atoms with Crippen LogP contribution in [0.4, 0.5) is 5.13 Å². The van der Waals surface area contributed by atoms with E-state index in [1.807, 2.05) is 35.7 Å². The average molecular weight is 370 g/mol. The van der Waals surface area contributed by atoms with Gasteiger partial charge < -0.3 is 19.9 Å². The molecular weight excluding hydrogens is 352 g/mol. The van der Waals surface area contributed by atoms with E-state index in [-0.39, 0.29) is 0 Å². The summed E-state index contributed by atoms with van der Waals surface area (Å²) in [5.41, 5.74) is 8.46. The summed E-state index contributed by atoms with van der Waals surface area (Å²) in [5.74, 6) is 0.746. The Morgan fingerprint density at radius 2 is 1.92 bits per heavy atom. The Morgan fingerprint density at radius 1 is 1.15 bits per heavy atom. The van der Waals surface area contributed by atoms with Gasteiger partial charge in [0.05, 0.1) is 19.9 Å². The van der Waals surface area contributed by atoms with Gasteiger partial charge in [0.25, 0.3) is 0 Å². The number of carbonyl (C=O) groups excluding carboxylic acids is 1. The first-order valence-electron chi connectivity index (χ1n) is 7.80. The summed E-state index contributed by atoms with van der Waals surface area (Å²) in [7, 11) is 2.95. The molecule has 0 fully saturated rings. The minimum absolute atomic E-state index is 0.316. The van der Waals surface area contributed by atoms with Gasteiger partial charge in [-0.3, -0.25) is 0 Å². The Bertz CT molecular complexity index is 906. The molecule has 0 saturated heterocycles. The maximum atomic E-state index is 12.2. The standard InChI is InChI=1S/C19H18N2O4S/c1-23-14-6-3-12(4-7-14)10-25-17-8-5-13(9-15(17)18(22)24-2)16-11-26-19(20)21-16/h3-9,11H,10H2,1-2H3,(H2,20,21). The number of thiazole rings is 1. The van der Waals surface area contributed by atoms with E-state index in [1.54, 1.807) is 19.2 Å². The summed E-state index contributed by atoms with van der Waals surface area (Å²) < 4.78 is 15.8. The molecule has 6 nitrogen and oxygen atoms in total. The summed E-state index contributed by atoms with van der Waals surface area (Å²) in [6.07, 6.45) is 0. The number of nitrogen functional groups attached to an aromatic ring is 1. The van der Waals surface area contributed by atoms with E-state index in [4.69, 9.17) is 19.9 Å². The molecular formula is C19H18N2O4S. The lowest BCUT2D eigenvalue weighted by Gasteiger charge is -2.12. The van der Waals surface area contributed by atoms with Gasteiger partial charge in [-0.15, -0.1) is 11.3 Å². The van der Waals surface area contributed by atoms with Crippen LogP contribution in [-0.4, -0.2) is 25.2 Å². The van der Waals surface area contributed by atoms with Gasteiger partial charge in [0.15, 0.2) is 5.13 Å². The highest BCUT2D eigenvalue weighted by molar-refractivity contribution is 7.13. The van der Waals surface area contributed by atoms with Crippen LogP contribution in [0.25, 0.3) is 11.3 Å². The summed E-state index contributed by atoms with van der Waals surface area (Å²) in [6.45, 7) is 0.316. The molecule has 0 aliphatic rings. The highest BCUT2D eigenvalue weighted by Gasteiger charge is 2.16. The molecule has 134 valence electrons. The molecule has 0 spiro atoms. The van der Waals surface area contributed by atoms with E-state index >= 15 is 0 Å². The third kappa shape index (κ3) is 3.94. The molecule has 0 aliphatic carbocycles. The average Bonchev–Trinajstić information content (AvgIpc) is 3.12. The number of nitrogens with zero attached hydrogens (tertiary/aromatic N) is 1. The van der Waals surface area contributed by atoms with Crippen molar-refractivity contribution in [2.75, 3.05) is 20.0 Å². The molecule has 2 N–H and O–H groups in total. The lowest BCUT2D eigenvalue weighted by Crippen LogP contribution is -2.06. The second-order valence-corrected chi connectivity index (χ2v) is 6.30. The van der Waals surface area contributed by atoms with Crippen LogP contribution in [-0.2, 0) is 11.3 Å². The molecule has 26 heavy (non-hydrogen) atoms. The summed E-state index contributed by atoms with van der Waals surface area (Å²) in [4.78, 5) is 16.4. The summed E-state index contributed by atoms with van der Waals surface area (Å²) in [5, 5.41) is 2.31. The summed E-state index contributed by atoms with van der Waals surface area (Å²) >= 11 is 1.34. The number of benzene rings is 2. The Morgan fingerprint density at radius 3 is 2.54 bits per heavy atom. The number of carbonyl (C=O) groups is 1. The van der Waals surface area contributed by atoms with E-state index in [9.17, 15) is 4.79 Å². The second kappa shape index (κ2) is 7.88. The zero-order chi connectivity index (χ0) is 18.5. The maximum absolute atomic E-state index is 12.2. The molecule has 3 aromatic rings. The molecule has 1 aromatic heterocycles. The van der Waals surface area contributed by atoms with Gasteiger partial charge >= 0.3 is 5.97 Å². The van der Waals surface area contributed by atoms with Gasteiger partial charge in [0.1, 0.15) is 23.7 Å². The molecule has 3 rings (SSSR count). The maximum Gasteiger partial charge on any atom is 0.341 e. The SMILES string of the molecule is COC(=O)c1cc(-c2csc(N)n2)ccc1OCc1ccc(OC)cc1. The molecule has 0 amide bonds. The van der Waals surface area contributed by atoms with Crippen LogP contribution in [0.2, 0.25) is 0 Å². The largest absolute Gasteiger partial charge is 0.497 e. The van der Waals surface area contributed by atoms with Crippen LogP contribution >= 0.6 is 11.3 Å². The number of methoxy groups -OCH3 is 2. The number of anilines is 1. The Labute approximate surface area is 155 Å². The molecule has 0 radical (unpaired) electrons. The Kier molecular flexibility index (Phi) is 5.38. The molecule has 0 bridgehead atoms. The number of hydrogen-bond donors (Lipinski definition) is 1. The molecule has 0 aliphatic heterocycles. The fourth-order valence-corrected chi connectivity index (χ4v) is 2.96. The predicted molar refractivity (Wildman–Crippen MR) is 101 cm³/mol. The van der Waals surface area contributed by atoms with Crippen molar-refractivity contribution in [2.24, 2.45) is 0 Å². The highest BCUT2D eigenvalue weighted by atomic mass is 32.1. The van der Waals surface area contributed by atoms with Gasteiger partial charge in [0.2, 0.25) is 0 Å². The van der Waals surface area contributed by atoms with Gasteiger partial charge in [-0.1, -0.05) is 12.1 Å². The molecule has 7 heteroatoms. The normalized spacial score (nSPS) is 10.4. The summed E-state index contributed by atoms with van der Waals surface area (Å²) in [6, 6.07) is 12.8. The Hall–Kier alpha value is -3.06. The van der Waals surface area contributed by atoms with E-state index in [0.717, 1.165) is 16.9 Å². The van der Waals surface area contributed by atoms with Gasteiger partial charge in [0, 0.05) is 10.9 Å². The van der Waals surface area contributed by atoms with Crippen LogP contribution in [0.3, 0.4) is 0 Å². The van der Waals surface area contributed by atoms with Crippen LogP contribution < -0.4 is 15.2 Å². The first-order valence-corrected chi connectivity index (χ1v) is 8.68. The van der Waals surface area contributed by atoms with Crippen molar-refractivity contribution in [1.29, 1.82) is 0 Å². The zero-order valence-corrected chi connectivity index (χ0v) is 15.2. The van der Waals surface area contributed by atoms with E-state index < -0.39 is 5.97 Å². The molecule has 0 unspecified atom stereocenters. The predicted octanol–water partition coefficient (Wildman–Crippen LogP) is 3.77. The van der Waals surface area contributed by atoms with Crippen molar-refractivity contribution in [3.05, 3.63) is 59.0 Å². The van der Waals surface area contributed by atoms with Gasteiger partial charge in [-0.2, -0.15) is 0 Å². The van der Waals surface area contributed by atoms with Crippen molar-refractivity contribution < 1.29 is 19.0 Å². The van der Waals surface area contributed by atoms with Crippen molar-refractivity contribution in [3.63, 3.8) is 0 Å². The first kappa shape index (κ1) is 17.8. The number of hydrogen-bond acceptors (Lipinski definition) is 7. The lowest BCUT2D eigenvalue weighted by atomic mass is 10.1. The monoisotopic (exact) mass is 370 g/mol. The molecule has 0 saturated carbocycles. The van der Waals surface area contributed by atoms with Crippen molar-refractivity contribution in [3.8, 4) is 22.8 Å². The highest BCUT2D eigenvalue weighted by Crippen LogP contribution is 2.29. The van der Waals surface area contributed by atoms with Crippen LogP contribution in [0, 0.1) is 0 Å². The molecule has 1 heterocycles. The van der Waals surface area contributed by atoms with Crippen LogP contribution in [0.5, 0.6) is 11.5 Å². The number of aromatic nitrogens is 1. The van der Waals surface area contributed by atoms with Gasteiger partial charge in [-0.25, -0.2) is 9.78 Å². The van der Waals surface area contributed by atoms with E-state index in [2.05, 4.69) is 4.98 Å². The van der Waals surface area contributed by atoms with Crippen molar-refractivity contribution in [1.82, 2.24) is 4.98 Å². The molecule has 2 aromatic carbocycles. The molecule has 0 atom stereocenters. The number of nitrogens with two attached hydrogens (primary N) is 1. The van der Waals surface area contributed by atoms with Crippen LogP contribution in [0.15, 0.2) is 47.8 Å². The smallest absolute Gasteiger partial charge is 0.341 e. The quantitative estimate of drug-likeness (QED) is 0.665. The fraction of sp³-hybridized carbons (Fsp3) is 0.158. The van der Waals surface area contributed by atoms with E-state index in [1.165, 1.54) is 18.4 Å². The minimum Gasteiger partial charge on any atom is -0.497 e. The third-order valence-electron chi connectivity index (χ3n) is 3.76. The number of esters is 1. The van der Waals surface area contributed by atoms with Crippen molar-refractivity contribution >= 4 is 22.4 Å². The van der Waals surface area contributed by atoms with Crippen LogP contribution in [0.1, 0.15) is 15.9 Å². The second-order valence-electron chi connectivity index (χ2n) is 5.41. The van der Waals surface area contributed by atoms with E-state index in [0.29, 0.717) is 28.7 Å². The topological polar surface area (TPSA) is 83.7 Å².